The van der Waals surface area contributed by atoms with Crippen LogP contribution in [-0.4, -0.2) is 40.3 Å². The first kappa shape index (κ1) is 21.2. The zero-order valence-electron chi connectivity index (χ0n) is 15.3. The Bertz CT molecular complexity index is 842. The molecule has 2 aromatic carbocycles. The molecule has 0 saturated heterocycles. The van der Waals surface area contributed by atoms with Crippen LogP contribution in [-0.2, 0) is 23.0 Å². The molecule has 3 N–H and O–H groups in total. The molecule has 0 unspecified atom stereocenters. The summed E-state index contributed by atoms with van der Waals surface area (Å²) in [5.41, 5.74) is 2.05. The number of hydrogen-bond acceptors (Lipinski definition) is 3. The van der Waals surface area contributed by atoms with Crippen LogP contribution >= 0.6 is 11.6 Å². The Balaban J connectivity index is 1.69. The lowest BCUT2D eigenvalue weighted by Crippen LogP contribution is -2.41. The smallest absolute Gasteiger partial charge is 0.213 e. The highest BCUT2D eigenvalue weighted by molar-refractivity contribution is 7.89. The molecule has 8 heteroatoms. The van der Waals surface area contributed by atoms with Crippen molar-refractivity contribution >= 4 is 27.6 Å². The van der Waals surface area contributed by atoms with Crippen LogP contribution in [0.4, 0.5) is 0 Å². The monoisotopic (exact) mass is 408 g/mol. The Morgan fingerprint density at radius 3 is 2.41 bits per heavy atom. The van der Waals surface area contributed by atoms with Crippen molar-refractivity contribution in [1.82, 2.24) is 15.4 Å². The molecular formula is C19H25ClN4O2S. The molecule has 146 valence electrons. The summed E-state index contributed by atoms with van der Waals surface area (Å²) in [6.07, 6.45) is 0.790. The van der Waals surface area contributed by atoms with Crippen LogP contribution in [0.3, 0.4) is 0 Å². The van der Waals surface area contributed by atoms with Crippen molar-refractivity contribution in [3.05, 3.63) is 70.7 Å². The fourth-order valence-corrected chi connectivity index (χ4v) is 3.52. The predicted octanol–water partition coefficient (Wildman–Crippen LogP) is 2.17. The minimum atomic E-state index is -3.36. The summed E-state index contributed by atoms with van der Waals surface area (Å²) in [5.74, 6) is 0.532. The molecule has 2 rings (SSSR count). The summed E-state index contributed by atoms with van der Waals surface area (Å²) < 4.78 is 26.8. The Kier molecular flexibility index (Phi) is 8.57. The van der Waals surface area contributed by atoms with Crippen molar-refractivity contribution in [3.63, 3.8) is 0 Å². The SMILES string of the molecule is CN=C(NCCc1cccc(Cl)c1)NCCS(=O)(=O)NCc1ccccc1. The van der Waals surface area contributed by atoms with Crippen LogP contribution in [0.5, 0.6) is 0 Å². The van der Waals surface area contributed by atoms with Crippen molar-refractivity contribution in [2.24, 2.45) is 4.99 Å². The molecule has 0 aliphatic carbocycles. The zero-order chi connectivity index (χ0) is 19.5. The molecule has 2 aromatic rings. The predicted molar refractivity (Wildman–Crippen MR) is 112 cm³/mol. The molecule has 0 spiro atoms. The Labute approximate surface area is 166 Å². The van der Waals surface area contributed by atoms with E-state index in [1.165, 1.54) is 0 Å². The number of benzene rings is 2. The van der Waals surface area contributed by atoms with E-state index < -0.39 is 10.0 Å². The summed E-state index contributed by atoms with van der Waals surface area (Å²) in [4.78, 5) is 4.10. The van der Waals surface area contributed by atoms with E-state index in [4.69, 9.17) is 11.6 Å². The van der Waals surface area contributed by atoms with Gasteiger partial charge in [-0.15, -0.1) is 0 Å². The van der Waals surface area contributed by atoms with Gasteiger partial charge in [-0.2, -0.15) is 0 Å². The fraction of sp³-hybridized carbons (Fsp3) is 0.316. The molecular weight excluding hydrogens is 384 g/mol. The number of rotatable bonds is 9. The lowest BCUT2D eigenvalue weighted by atomic mass is 10.1. The van der Waals surface area contributed by atoms with Crippen LogP contribution in [0.2, 0.25) is 5.02 Å². The van der Waals surface area contributed by atoms with Crippen molar-refractivity contribution in [1.29, 1.82) is 0 Å². The highest BCUT2D eigenvalue weighted by atomic mass is 35.5. The highest BCUT2D eigenvalue weighted by Crippen LogP contribution is 2.10. The normalized spacial score (nSPS) is 12.0. The maximum Gasteiger partial charge on any atom is 0.213 e. The van der Waals surface area contributed by atoms with Crippen LogP contribution in [0.15, 0.2) is 59.6 Å². The third kappa shape index (κ3) is 8.43. The number of aliphatic imine (C=N–C) groups is 1. The summed E-state index contributed by atoms with van der Waals surface area (Å²) in [6, 6.07) is 17.1. The number of nitrogens with zero attached hydrogens (tertiary/aromatic N) is 1. The van der Waals surface area contributed by atoms with Crippen LogP contribution in [0, 0.1) is 0 Å². The lowest BCUT2D eigenvalue weighted by Gasteiger charge is -2.12. The first-order valence-electron chi connectivity index (χ1n) is 8.69. The highest BCUT2D eigenvalue weighted by Gasteiger charge is 2.10. The van der Waals surface area contributed by atoms with Crippen molar-refractivity contribution in [3.8, 4) is 0 Å². The minimum absolute atomic E-state index is 0.0329. The molecule has 0 aromatic heterocycles. The van der Waals surface area contributed by atoms with E-state index in [1.807, 2.05) is 54.6 Å². The Hall–Kier alpha value is -2.09. The van der Waals surface area contributed by atoms with Crippen LogP contribution in [0.1, 0.15) is 11.1 Å². The quantitative estimate of drug-likeness (QED) is 0.438. The van der Waals surface area contributed by atoms with Gasteiger partial charge in [0, 0.05) is 31.7 Å². The number of nitrogens with one attached hydrogen (secondary N) is 3. The molecule has 0 atom stereocenters. The molecule has 0 aliphatic rings. The van der Waals surface area contributed by atoms with Gasteiger partial charge in [0.2, 0.25) is 10.0 Å². The topological polar surface area (TPSA) is 82.6 Å². The van der Waals surface area contributed by atoms with Gasteiger partial charge in [0.15, 0.2) is 5.96 Å². The van der Waals surface area contributed by atoms with Crippen LogP contribution < -0.4 is 15.4 Å². The van der Waals surface area contributed by atoms with Gasteiger partial charge in [-0.3, -0.25) is 4.99 Å². The molecule has 6 nitrogen and oxygen atoms in total. The van der Waals surface area contributed by atoms with E-state index in [9.17, 15) is 8.42 Å². The second kappa shape index (κ2) is 10.9. The van der Waals surface area contributed by atoms with E-state index in [0.29, 0.717) is 17.5 Å². The molecule has 0 heterocycles. The first-order valence-corrected chi connectivity index (χ1v) is 10.7. The lowest BCUT2D eigenvalue weighted by molar-refractivity contribution is 0.580. The van der Waals surface area contributed by atoms with Gasteiger partial charge in [0.05, 0.1) is 5.75 Å². The standard InChI is InChI=1S/C19H25ClN4O2S/c1-21-19(22-11-10-16-8-5-9-18(20)14-16)23-12-13-27(25,26)24-15-17-6-3-2-4-7-17/h2-9,14,24H,10-13,15H2,1H3,(H2,21,22,23). The average molecular weight is 409 g/mol. The first-order chi connectivity index (χ1) is 13.0. The second-order valence-electron chi connectivity index (χ2n) is 5.93. The Morgan fingerprint density at radius 2 is 1.70 bits per heavy atom. The molecule has 0 amide bonds. The van der Waals surface area contributed by atoms with E-state index in [0.717, 1.165) is 17.5 Å². The third-order valence-electron chi connectivity index (χ3n) is 3.82. The molecule has 0 radical (unpaired) electrons. The molecule has 0 saturated carbocycles. The summed E-state index contributed by atoms with van der Waals surface area (Å²) in [6.45, 7) is 1.22. The molecule has 0 aliphatic heterocycles. The van der Waals surface area contributed by atoms with Gasteiger partial charge >= 0.3 is 0 Å². The number of hydrogen-bond donors (Lipinski definition) is 3. The molecule has 27 heavy (non-hydrogen) atoms. The third-order valence-corrected chi connectivity index (χ3v) is 5.38. The van der Waals surface area contributed by atoms with Crippen LogP contribution in [0.25, 0.3) is 0 Å². The average Bonchev–Trinajstić information content (AvgIpc) is 2.66. The van der Waals surface area contributed by atoms with Gasteiger partial charge in [0.1, 0.15) is 0 Å². The molecule has 0 bridgehead atoms. The summed E-state index contributed by atoms with van der Waals surface area (Å²) in [7, 11) is -1.71. The van der Waals surface area contributed by atoms with Gasteiger partial charge in [-0.25, -0.2) is 13.1 Å². The van der Waals surface area contributed by atoms with E-state index >= 15 is 0 Å². The van der Waals surface area contributed by atoms with E-state index in [2.05, 4.69) is 20.3 Å². The second-order valence-corrected chi connectivity index (χ2v) is 8.29. The van der Waals surface area contributed by atoms with Gasteiger partial charge < -0.3 is 10.6 Å². The zero-order valence-corrected chi connectivity index (χ0v) is 16.9. The van der Waals surface area contributed by atoms with Crippen molar-refractivity contribution in [2.45, 2.75) is 13.0 Å². The maximum absolute atomic E-state index is 12.1. The fourth-order valence-electron chi connectivity index (χ4n) is 2.40. The summed E-state index contributed by atoms with van der Waals surface area (Å²) >= 11 is 5.97. The van der Waals surface area contributed by atoms with Crippen molar-refractivity contribution < 1.29 is 8.42 Å². The van der Waals surface area contributed by atoms with E-state index in [-0.39, 0.29) is 18.8 Å². The number of halogens is 1. The minimum Gasteiger partial charge on any atom is -0.356 e. The summed E-state index contributed by atoms with van der Waals surface area (Å²) in [5, 5.41) is 6.89. The van der Waals surface area contributed by atoms with Gasteiger partial charge in [-0.05, 0) is 29.7 Å². The Morgan fingerprint density at radius 1 is 1.00 bits per heavy atom. The number of guanidine groups is 1. The largest absolute Gasteiger partial charge is 0.356 e. The van der Waals surface area contributed by atoms with Crippen molar-refractivity contribution in [2.75, 3.05) is 25.9 Å². The molecule has 0 fully saturated rings. The number of sulfonamides is 1. The van der Waals surface area contributed by atoms with E-state index in [1.54, 1.807) is 7.05 Å². The maximum atomic E-state index is 12.1. The van der Waals surface area contributed by atoms with Gasteiger partial charge in [-0.1, -0.05) is 54.1 Å². The van der Waals surface area contributed by atoms with Gasteiger partial charge in [0.25, 0.3) is 0 Å².